The van der Waals surface area contributed by atoms with Crippen LogP contribution >= 0.6 is 0 Å². The Labute approximate surface area is 251 Å². The van der Waals surface area contributed by atoms with E-state index < -0.39 is 35.6 Å². The highest BCUT2D eigenvalue weighted by molar-refractivity contribution is 6.05. The third-order valence-corrected chi connectivity index (χ3v) is 6.17. The molecular weight excluding hydrogens is 568 g/mol. The van der Waals surface area contributed by atoms with Crippen LogP contribution in [0.4, 0.5) is 0 Å². The van der Waals surface area contributed by atoms with Gasteiger partial charge < -0.3 is 9.47 Å². The quantitative estimate of drug-likeness (QED) is 0.174. The van der Waals surface area contributed by atoms with Crippen LogP contribution in [0.1, 0.15) is 59.8 Å². The van der Waals surface area contributed by atoms with E-state index in [1.807, 2.05) is 12.2 Å². The first-order valence-corrected chi connectivity index (χ1v) is 13.4. The van der Waals surface area contributed by atoms with Crippen LogP contribution in [-0.4, -0.2) is 45.5 Å². The number of rotatable bonds is 8. The number of allylic oxidation sites excluding steroid dienone is 2. The highest BCUT2D eigenvalue weighted by Crippen LogP contribution is 2.32. The lowest BCUT2D eigenvalue weighted by Crippen LogP contribution is -2.28. The number of amides is 4. The molecule has 0 unspecified atom stereocenters. The van der Waals surface area contributed by atoms with Crippen molar-refractivity contribution >= 4 is 57.4 Å². The van der Waals surface area contributed by atoms with Crippen molar-refractivity contribution in [1.29, 1.82) is 0 Å². The summed E-state index contributed by atoms with van der Waals surface area (Å²) in [5.41, 5.74) is 1.76. The predicted molar refractivity (Wildman–Crippen MR) is 159 cm³/mol. The fourth-order valence-corrected chi connectivity index (χ4v) is 4.37. The molecule has 0 atom stereocenters. The van der Waals surface area contributed by atoms with Gasteiger partial charge in [-0.15, -0.1) is 0 Å². The first kappa shape index (κ1) is 31.2. The first-order chi connectivity index (χ1) is 20.9. The smallest absolute Gasteiger partial charge is 0.308 e. The molecule has 0 aliphatic heterocycles. The molecule has 44 heavy (non-hydrogen) atoms. The van der Waals surface area contributed by atoms with E-state index in [9.17, 15) is 28.8 Å². The SMILES string of the molecule is CC(=O)NC(=O)c1ccc2ccc(C/C=C/Cc3ccc4ccc(C(=O)NC(C)=O)nc4c3OC(C)=O)c(OC(C)=O)c2n1. The van der Waals surface area contributed by atoms with Gasteiger partial charge in [0.05, 0.1) is 0 Å². The maximum atomic E-state index is 12.4. The fraction of sp³-hybridized carbons (Fsp3) is 0.188. The minimum atomic E-state index is -0.682. The molecule has 0 spiro atoms. The lowest BCUT2D eigenvalue weighted by Gasteiger charge is -2.12. The van der Waals surface area contributed by atoms with Crippen LogP contribution in [-0.2, 0) is 32.0 Å². The van der Waals surface area contributed by atoms with Crippen LogP contribution < -0.4 is 20.1 Å². The number of hydrogen-bond acceptors (Lipinski definition) is 10. The molecule has 4 rings (SSSR count). The van der Waals surface area contributed by atoms with Crippen molar-refractivity contribution < 1.29 is 38.2 Å². The molecule has 4 aromatic rings. The molecule has 0 radical (unpaired) electrons. The molecular formula is C32H28N4O8. The topological polar surface area (TPSA) is 171 Å². The Balaban J connectivity index is 1.65. The van der Waals surface area contributed by atoms with Gasteiger partial charge in [0.2, 0.25) is 11.8 Å². The van der Waals surface area contributed by atoms with E-state index in [2.05, 4.69) is 20.6 Å². The summed E-state index contributed by atoms with van der Waals surface area (Å²) in [5.74, 6) is -3.21. The van der Waals surface area contributed by atoms with Crippen LogP contribution in [0.3, 0.4) is 0 Å². The molecule has 0 aliphatic rings. The second-order valence-electron chi connectivity index (χ2n) is 9.73. The van der Waals surface area contributed by atoms with Gasteiger partial charge in [-0.05, 0) is 25.0 Å². The first-order valence-electron chi connectivity index (χ1n) is 13.4. The van der Waals surface area contributed by atoms with Crippen LogP contribution in [0.5, 0.6) is 11.5 Å². The number of carbonyl (C=O) groups excluding carboxylic acids is 6. The highest BCUT2D eigenvalue weighted by Gasteiger charge is 2.18. The van der Waals surface area contributed by atoms with Crippen LogP contribution in [0.25, 0.3) is 21.8 Å². The van der Waals surface area contributed by atoms with Gasteiger partial charge in [0, 0.05) is 49.6 Å². The van der Waals surface area contributed by atoms with E-state index in [4.69, 9.17) is 9.47 Å². The van der Waals surface area contributed by atoms with Crippen molar-refractivity contribution in [1.82, 2.24) is 20.6 Å². The van der Waals surface area contributed by atoms with Crippen molar-refractivity contribution in [3.63, 3.8) is 0 Å². The largest absolute Gasteiger partial charge is 0.424 e. The molecule has 0 saturated heterocycles. The van der Waals surface area contributed by atoms with Crippen LogP contribution in [0.2, 0.25) is 0 Å². The van der Waals surface area contributed by atoms with Crippen molar-refractivity contribution in [2.24, 2.45) is 0 Å². The molecule has 12 nitrogen and oxygen atoms in total. The Morgan fingerprint density at radius 3 is 1.30 bits per heavy atom. The number of benzene rings is 2. The van der Waals surface area contributed by atoms with Crippen LogP contribution in [0.15, 0.2) is 60.7 Å². The molecule has 12 heteroatoms. The maximum Gasteiger partial charge on any atom is 0.308 e. The van der Waals surface area contributed by atoms with Gasteiger partial charge in [0.1, 0.15) is 22.4 Å². The maximum absolute atomic E-state index is 12.4. The average Bonchev–Trinajstić information content (AvgIpc) is 2.95. The van der Waals surface area contributed by atoms with Gasteiger partial charge in [-0.2, -0.15) is 0 Å². The third kappa shape index (κ3) is 7.53. The molecule has 2 heterocycles. The summed E-state index contributed by atoms with van der Waals surface area (Å²) in [6, 6.07) is 13.3. The normalized spacial score (nSPS) is 10.9. The summed E-state index contributed by atoms with van der Waals surface area (Å²) >= 11 is 0. The lowest BCUT2D eigenvalue weighted by molar-refractivity contribution is -0.132. The Morgan fingerprint density at radius 2 is 0.955 bits per heavy atom. The monoisotopic (exact) mass is 596 g/mol. The standard InChI is InChI=1S/C32H28N4O8/c1-17(37)33-31(41)25-15-13-21-9-11-23(29(27(21)35-25)43-19(3)39)7-5-6-8-24-12-10-22-14-16-26(32(42)34-18(2)38)36-28(22)30(24)44-20(4)40/h5-6,9-16H,7-8H2,1-4H3,(H,33,37,41)(H,34,38,42)/b6-5+. The minimum Gasteiger partial charge on any atom is -0.424 e. The molecule has 0 bridgehead atoms. The van der Waals surface area contributed by atoms with Gasteiger partial charge in [0.15, 0.2) is 11.5 Å². The molecule has 2 N–H and O–H groups in total. The Hall–Kier alpha value is -5.78. The van der Waals surface area contributed by atoms with Gasteiger partial charge in [-0.1, -0.05) is 48.6 Å². The average molecular weight is 597 g/mol. The number of ether oxygens (including phenoxy) is 2. The number of imide groups is 2. The summed E-state index contributed by atoms with van der Waals surface area (Å²) in [5, 5.41) is 5.59. The number of fused-ring (bicyclic) bond motifs is 2. The second-order valence-corrected chi connectivity index (χ2v) is 9.73. The zero-order valence-corrected chi connectivity index (χ0v) is 24.3. The molecule has 0 fully saturated rings. The second kappa shape index (κ2) is 13.5. The highest BCUT2D eigenvalue weighted by atomic mass is 16.5. The van der Waals surface area contributed by atoms with Gasteiger partial charge >= 0.3 is 11.9 Å². The number of pyridine rings is 2. The molecule has 224 valence electrons. The molecule has 0 aliphatic carbocycles. The van der Waals surface area contributed by atoms with Crippen molar-refractivity contribution in [3.05, 3.63) is 83.2 Å². The van der Waals surface area contributed by atoms with Crippen molar-refractivity contribution in [3.8, 4) is 11.5 Å². The van der Waals surface area contributed by atoms with E-state index in [0.29, 0.717) is 34.7 Å². The molecule has 2 aromatic carbocycles. The number of aromatic nitrogens is 2. The zero-order chi connectivity index (χ0) is 32.0. The van der Waals surface area contributed by atoms with Gasteiger partial charge in [0.25, 0.3) is 11.8 Å². The Bertz CT molecular complexity index is 1740. The van der Waals surface area contributed by atoms with Crippen molar-refractivity contribution in [2.75, 3.05) is 0 Å². The summed E-state index contributed by atoms with van der Waals surface area (Å²) in [6.45, 7) is 4.93. The van der Waals surface area contributed by atoms with E-state index in [0.717, 1.165) is 0 Å². The number of nitrogens with zero attached hydrogens (tertiary/aromatic N) is 2. The Kier molecular flexibility index (Phi) is 9.54. The summed E-state index contributed by atoms with van der Waals surface area (Å²) < 4.78 is 11.0. The summed E-state index contributed by atoms with van der Waals surface area (Å²) in [7, 11) is 0. The van der Waals surface area contributed by atoms with E-state index in [-0.39, 0.29) is 33.9 Å². The molecule has 2 aromatic heterocycles. The predicted octanol–water partition coefficient (Wildman–Crippen LogP) is 3.53. The lowest BCUT2D eigenvalue weighted by atomic mass is 10.0. The van der Waals surface area contributed by atoms with E-state index >= 15 is 0 Å². The fourth-order valence-electron chi connectivity index (χ4n) is 4.37. The van der Waals surface area contributed by atoms with Gasteiger partial charge in [-0.25, -0.2) is 9.97 Å². The minimum absolute atomic E-state index is 0.0151. The molecule has 0 saturated carbocycles. The Morgan fingerprint density at radius 1 is 0.591 bits per heavy atom. The van der Waals surface area contributed by atoms with Crippen molar-refractivity contribution in [2.45, 2.75) is 40.5 Å². The zero-order valence-electron chi connectivity index (χ0n) is 24.3. The number of hydrogen-bond donors (Lipinski definition) is 2. The number of nitrogens with one attached hydrogen (secondary N) is 2. The van der Waals surface area contributed by atoms with E-state index in [1.54, 1.807) is 36.4 Å². The summed E-state index contributed by atoms with van der Waals surface area (Å²) in [6.07, 6.45) is 4.28. The number of esters is 2. The van der Waals surface area contributed by atoms with E-state index in [1.165, 1.54) is 39.8 Å². The summed E-state index contributed by atoms with van der Waals surface area (Å²) in [4.78, 5) is 80.0. The van der Waals surface area contributed by atoms with Gasteiger partial charge in [-0.3, -0.25) is 39.4 Å². The number of carbonyl (C=O) groups is 6. The molecule has 4 amide bonds. The third-order valence-electron chi connectivity index (χ3n) is 6.17. The van der Waals surface area contributed by atoms with Crippen LogP contribution in [0, 0.1) is 0 Å².